The summed E-state index contributed by atoms with van der Waals surface area (Å²) in [5.41, 5.74) is 1.12. The largest absolute Gasteiger partial charge is 0.508 e. The van der Waals surface area contributed by atoms with Crippen LogP contribution < -0.4 is 0 Å². The van der Waals surface area contributed by atoms with Crippen LogP contribution in [0.1, 0.15) is 25.8 Å². The lowest BCUT2D eigenvalue weighted by atomic mass is 10.1. The van der Waals surface area contributed by atoms with Gasteiger partial charge in [-0.1, -0.05) is 38.1 Å². The Morgan fingerprint density at radius 1 is 1.23 bits per heavy atom. The lowest BCUT2D eigenvalue weighted by molar-refractivity contribution is 0.475. The second-order valence-corrected chi connectivity index (χ2v) is 3.41. The van der Waals surface area contributed by atoms with Crippen LogP contribution >= 0.6 is 0 Å². The molecule has 0 aliphatic rings. The molecule has 1 aromatic rings. The molecule has 1 radical (unpaired) electrons. The first-order valence-electron chi connectivity index (χ1n) is 4.43. The Morgan fingerprint density at radius 3 is 2.38 bits per heavy atom. The van der Waals surface area contributed by atoms with Crippen molar-refractivity contribution < 1.29 is 5.11 Å². The molecule has 1 N–H and O–H groups in total. The quantitative estimate of drug-likeness (QED) is 0.746. The van der Waals surface area contributed by atoms with E-state index in [9.17, 15) is 0 Å². The lowest BCUT2D eigenvalue weighted by Crippen LogP contribution is -1.78. The molecule has 1 aromatic carbocycles. The lowest BCUT2D eigenvalue weighted by Gasteiger charge is -1.97. The molecule has 1 rings (SSSR count). The summed E-state index contributed by atoms with van der Waals surface area (Å²) in [5.74, 6) is 1.71. The predicted molar refractivity (Wildman–Crippen MR) is 56.3 cm³/mol. The summed E-state index contributed by atoms with van der Waals surface area (Å²) in [7, 11) is 0. The second-order valence-electron chi connectivity index (χ2n) is 3.41. The van der Waals surface area contributed by atoms with E-state index in [1.165, 1.54) is 5.92 Å². The van der Waals surface area contributed by atoms with Gasteiger partial charge < -0.3 is 5.11 Å². The van der Waals surface area contributed by atoms with E-state index in [-0.39, 0.29) is 0 Å². The molecule has 0 atom stereocenters. The van der Waals surface area contributed by atoms with Gasteiger partial charge in [-0.25, -0.2) is 0 Å². The molecular formula is C12H15O. The van der Waals surface area contributed by atoms with E-state index in [1.54, 1.807) is 12.1 Å². The average molecular weight is 175 g/mol. The zero-order valence-corrected chi connectivity index (χ0v) is 8.12. The molecule has 0 aliphatic heterocycles. The molecule has 0 saturated carbocycles. The molecule has 0 aromatic heterocycles. The SMILES string of the molecule is C[C](C)CC=Cc1ccc(O)cc1. The van der Waals surface area contributed by atoms with Crippen LogP contribution in [0.4, 0.5) is 0 Å². The highest BCUT2D eigenvalue weighted by Gasteiger charge is 1.90. The summed E-state index contributed by atoms with van der Waals surface area (Å²) < 4.78 is 0. The molecule has 0 fully saturated rings. The van der Waals surface area contributed by atoms with Crippen molar-refractivity contribution in [1.82, 2.24) is 0 Å². The predicted octanol–water partition coefficient (Wildman–Crippen LogP) is 3.41. The maximum atomic E-state index is 9.04. The maximum absolute atomic E-state index is 9.04. The summed E-state index contributed by atoms with van der Waals surface area (Å²) >= 11 is 0. The van der Waals surface area contributed by atoms with Gasteiger partial charge in [-0.2, -0.15) is 0 Å². The van der Waals surface area contributed by atoms with Crippen LogP contribution in [0, 0.1) is 5.92 Å². The molecule has 1 heteroatoms. The van der Waals surface area contributed by atoms with E-state index in [0.717, 1.165) is 12.0 Å². The first-order chi connectivity index (χ1) is 6.18. The van der Waals surface area contributed by atoms with Gasteiger partial charge in [-0.3, -0.25) is 0 Å². The highest BCUT2D eigenvalue weighted by Crippen LogP contribution is 2.12. The van der Waals surface area contributed by atoms with Gasteiger partial charge in [-0.15, -0.1) is 0 Å². The van der Waals surface area contributed by atoms with E-state index < -0.39 is 0 Å². The number of phenols is 1. The van der Waals surface area contributed by atoms with Crippen LogP contribution in [0.15, 0.2) is 30.3 Å². The molecule has 0 spiro atoms. The Labute approximate surface area is 79.7 Å². The monoisotopic (exact) mass is 175 g/mol. The molecule has 0 amide bonds. The minimum Gasteiger partial charge on any atom is -0.508 e. The van der Waals surface area contributed by atoms with E-state index in [1.807, 2.05) is 12.1 Å². The van der Waals surface area contributed by atoms with Crippen LogP contribution in [0.3, 0.4) is 0 Å². The van der Waals surface area contributed by atoms with E-state index in [4.69, 9.17) is 5.11 Å². The topological polar surface area (TPSA) is 20.2 Å². The van der Waals surface area contributed by atoms with Gasteiger partial charge in [0.05, 0.1) is 0 Å². The molecule has 0 aliphatic carbocycles. The van der Waals surface area contributed by atoms with Gasteiger partial charge in [0.1, 0.15) is 5.75 Å². The van der Waals surface area contributed by atoms with Crippen LogP contribution in [-0.4, -0.2) is 5.11 Å². The van der Waals surface area contributed by atoms with Crippen molar-refractivity contribution in [3.63, 3.8) is 0 Å². The fraction of sp³-hybridized carbons (Fsp3) is 0.250. The number of rotatable bonds is 3. The van der Waals surface area contributed by atoms with Gasteiger partial charge in [0.15, 0.2) is 0 Å². The molecule has 0 saturated heterocycles. The van der Waals surface area contributed by atoms with Crippen LogP contribution in [0.2, 0.25) is 0 Å². The molecular weight excluding hydrogens is 160 g/mol. The Balaban J connectivity index is 2.54. The minimum absolute atomic E-state index is 0.315. The minimum atomic E-state index is 0.315. The van der Waals surface area contributed by atoms with Crippen molar-refractivity contribution >= 4 is 6.08 Å². The zero-order valence-electron chi connectivity index (χ0n) is 8.12. The Hall–Kier alpha value is -1.24. The van der Waals surface area contributed by atoms with Gasteiger partial charge in [-0.05, 0) is 30.0 Å². The number of aromatic hydroxyl groups is 1. The Morgan fingerprint density at radius 2 is 1.85 bits per heavy atom. The fourth-order valence-corrected chi connectivity index (χ4v) is 1.02. The summed E-state index contributed by atoms with van der Waals surface area (Å²) in [6.07, 6.45) is 5.20. The van der Waals surface area contributed by atoms with Crippen molar-refractivity contribution in [2.75, 3.05) is 0 Å². The number of hydrogen-bond donors (Lipinski definition) is 1. The van der Waals surface area contributed by atoms with Crippen molar-refractivity contribution in [3.8, 4) is 5.75 Å². The number of hydrogen-bond acceptors (Lipinski definition) is 1. The summed E-state index contributed by atoms with van der Waals surface area (Å²) in [5, 5.41) is 9.04. The van der Waals surface area contributed by atoms with Gasteiger partial charge in [0.25, 0.3) is 0 Å². The molecule has 13 heavy (non-hydrogen) atoms. The summed E-state index contributed by atoms with van der Waals surface area (Å²) in [6.45, 7) is 4.22. The Kier molecular flexibility index (Phi) is 3.56. The standard InChI is InChI=1S/C12H15O/c1-10(2)4-3-5-11-6-8-12(13)9-7-11/h3,5-9,13H,4H2,1-2H3. The number of allylic oxidation sites excluding steroid dienone is 1. The van der Waals surface area contributed by atoms with Crippen LogP contribution in [0.25, 0.3) is 6.08 Å². The van der Waals surface area contributed by atoms with E-state index >= 15 is 0 Å². The smallest absolute Gasteiger partial charge is 0.115 e. The van der Waals surface area contributed by atoms with Crippen molar-refractivity contribution in [3.05, 3.63) is 41.8 Å². The van der Waals surface area contributed by atoms with Crippen LogP contribution in [-0.2, 0) is 0 Å². The van der Waals surface area contributed by atoms with Gasteiger partial charge >= 0.3 is 0 Å². The molecule has 0 unspecified atom stereocenters. The van der Waals surface area contributed by atoms with Crippen molar-refractivity contribution in [2.24, 2.45) is 0 Å². The summed E-state index contributed by atoms with van der Waals surface area (Å²) in [6, 6.07) is 7.19. The third kappa shape index (κ3) is 3.79. The summed E-state index contributed by atoms with van der Waals surface area (Å²) in [4.78, 5) is 0. The number of benzene rings is 1. The molecule has 1 nitrogen and oxygen atoms in total. The Bertz CT molecular complexity index is 270. The molecule has 0 bridgehead atoms. The first kappa shape index (κ1) is 9.85. The van der Waals surface area contributed by atoms with Crippen LogP contribution in [0.5, 0.6) is 5.75 Å². The number of phenolic OH excluding ortho intramolecular Hbond substituents is 1. The fourth-order valence-electron chi connectivity index (χ4n) is 1.02. The highest BCUT2D eigenvalue weighted by atomic mass is 16.3. The van der Waals surface area contributed by atoms with Crippen molar-refractivity contribution in [2.45, 2.75) is 20.3 Å². The van der Waals surface area contributed by atoms with E-state index in [0.29, 0.717) is 5.75 Å². The third-order valence-electron chi connectivity index (χ3n) is 1.73. The van der Waals surface area contributed by atoms with Gasteiger partial charge in [0.2, 0.25) is 0 Å². The normalized spacial score (nSPS) is 11.3. The molecule has 69 valence electrons. The van der Waals surface area contributed by atoms with Gasteiger partial charge in [0, 0.05) is 0 Å². The first-order valence-corrected chi connectivity index (χ1v) is 4.43. The third-order valence-corrected chi connectivity index (χ3v) is 1.73. The maximum Gasteiger partial charge on any atom is 0.115 e. The average Bonchev–Trinajstić information content (AvgIpc) is 2.08. The van der Waals surface area contributed by atoms with E-state index in [2.05, 4.69) is 26.0 Å². The molecule has 0 heterocycles. The van der Waals surface area contributed by atoms with Crippen molar-refractivity contribution in [1.29, 1.82) is 0 Å². The highest BCUT2D eigenvalue weighted by molar-refractivity contribution is 5.50. The second kappa shape index (κ2) is 4.70. The zero-order chi connectivity index (χ0) is 9.68.